The Bertz CT molecular complexity index is 882. The highest BCUT2D eigenvalue weighted by atomic mass is 32.1. The van der Waals surface area contributed by atoms with Gasteiger partial charge in [0.25, 0.3) is 0 Å². The average Bonchev–Trinajstić information content (AvgIpc) is 3.30. The first-order valence-corrected chi connectivity index (χ1v) is 9.89. The molecule has 0 bridgehead atoms. The SMILES string of the molecule is Nc1ncnc2c1c(-c1nccs1)cn2C1CCC(CC2CNC2)C1. The summed E-state index contributed by atoms with van der Waals surface area (Å²) in [4.78, 5) is 13.3. The molecular formula is C18H22N6S. The van der Waals surface area contributed by atoms with Crippen LogP contribution >= 0.6 is 11.3 Å². The molecule has 1 aliphatic heterocycles. The van der Waals surface area contributed by atoms with E-state index in [2.05, 4.69) is 31.0 Å². The fourth-order valence-electron chi connectivity index (χ4n) is 4.41. The van der Waals surface area contributed by atoms with Gasteiger partial charge in [0.2, 0.25) is 0 Å². The summed E-state index contributed by atoms with van der Waals surface area (Å²) in [5, 5.41) is 7.32. The molecule has 2 unspecified atom stereocenters. The molecule has 7 heteroatoms. The molecule has 0 radical (unpaired) electrons. The second-order valence-electron chi connectivity index (χ2n) is 7.34. The van der Waals surface area contributed by atoms with Crippen LogP contribution in [0.25, 0.3) is 21.6 Å². The van der Waals surface area contributed by atoms with E-state index in [-0.39, 0.29) is 0 Å². The largest absolute Gasteiger partial charge is 0.383 e. The van der Waals surface area contributed by atoms with Crippen LogP contribution in [0.3, 0.4) is 0 Å². The Kier molecular flexibility index (Phi) is 3.71. The molecule has 5 rings (SSSR count). The zero-order valence-electron chi connectivity index (χ0n) is 14.1. The zero-order chi connectivity index (χ0) is 16.8. The lowest BCUT2D eigenvalue weighted by Crippen LogP contribution is -2.42. The Balaban J connectivity index is 1.50. The molecule has 3 aromatic heterocycles. The van der Waals surface area contributed by atoms with E-state index in [4.69, 9.17) is 5.73 Å². The molecule has 4 heterocycles. The van der Waals surface area contributed by atoms with Gasteiger partial charge in [-0.05, 0) is 50.6 Å². The fraction of sp³-hybridized carbons (Fsp3) is 0.500. The highest BCUT2D eigenvalue weighted by Crippen LogP contribution is 2.42. The second kappa shape index (κ2) is 6.07. The van der Waals surface area contributed by atoms with Crippen molar-refractivity contribution in [3.8, 4) is 10.6 Å². The number of hydrogen-bond donors (Lipinski definition) is 2. The molecule has 1 aliphatic carbocycles. The number of anilines is 1. The Morgan fingerprint density at radius 2 is 2.12 bits per heavy atom. The van der Waals surface area contributed by atoms with Gasteiger partial charge in [0.05, 0.1) is 5.39 Å². The molecule has 2 fully saturated rings. The van der Waals surface area contributed by atoms with Crippen molar-refractivity contribution in [3.63, 3.8) is 0 Å². The van der Waals surface area contributed by atoms with Gasteiger partial charge in [-0.1, -0.05) is 0 Å². The standard InChI is InChI=1S/C18H22N6S/c19-16-15-14(18-21-3-4-25-18)9-24(17(15)23-10-22-16)13-2-1-11(6-13)5-12-7-20-8-12/h3-4,9-13,20H,1-2,5-8H2,(H2,19,22,23). The third-order valence-electron chi connectivity index (χ3n) is 5.74. The summed E-state index contributed by atoms with van der Waals surface area (Å²) < 4.78 is 2.34. The van der Waals surface area contributed by atoms with Gasteiger partial charge in [-0.15, -0.1) is 11.3 Å². The number of nitrogen functional groups attached to an aromatic ring is 1. The molecule has 1 saturated heterocycles. The number of thiazole rings is 1. The van der Waals surface area contributed by atoms with Gasteiger partial charge in [0.1, 0.15) is 22.8 Å². The Morgan fingerprint density at radius 3 is 2.88 bits per heavy atom. The molecule has 1 saturated carbocycles. The lowest BCUT2D eigenvalue weighted by atomic mass is 9.89. The highest BCUT2D eigenvalue weighted by molar-refractivity contribution is 7.13. The van der Waals surface area contributed by atoms with Crippen molar-refractivity contribution in [1.82, 2.24) is 24.8 Å². The fourth-order valence-corrected chi connectivity index (χ4v) is 5.06. The molecule has 0 spiro atoms. The first-order chi connectivity index (χ1) is 12.3. The van der Waals surface area contributed by atoms with Gasteiger partial charge >= 0.3 is 0 Å². The molecule has 3 N–H and O–H groups in total. The summed E-state index contributed by atoms with van der Waals surface area (Å²) in [6, 6.07) is 0.503. The van der Waals surface area contributed by atoms with Crippen molar-refractivity contribution in [2.45, 2.75) is 31.7 Å². The van der Waals surface area contributed by atoms with E-state index in [0.717, 1.165) is 33.4 Å². The van der Waals surface area contributed by atoms with E-state index >= 15 is 0 Å². The molecular weight excluding hydrogens is 332 g/mol. The molecule has 6 nitrogen and oxygen atoms in total. The lowest BCUT2D eigenvalue weighted by Gasteiger charge is -2.29. The Hall–Kier alpha value is -1.99. The van der Waals surface area contributed by atoms with E-state index in [1.54, 1.807) is 17.7 Å². The third kappa shape index (κ3) is 2.62. The highest BCUT2D eigenvalue weighted by Gasteiger charge is 2.31. The van der Waals surface area contributed by atoms with Gasteiger partial charge in [0.15, 0.2) is 0 Å². The van der Waals surface area contributed by atoms with E-state index < -0.39 is 0 Å². The van der Waals surface area contributed by atoms with Crippen LogP contribution in [0.1, 0.15) is 31.7 Å². The monoisotopic (exact) mass is 354 g/mol. The summed E-state index contributed by atoms with van der Waals surface area (Å²) in [6.07, 6.45) is 10.7. The molecule has 2 atom stereocenters. The van der Waals surface area contributed by atoms with Gasteiger partial charge in [0, 0.05) is 29.4 Å². The smallest absolute Gasteiger partial charge is 0.146 e. The van der Waals surface area contributed by atoms with Crippen molar-refractivity contribution in [2.75, 3.05) is 18.8 Å². The third-order valence-corrected chi connectivity index (χ3v) is 6.55. The summed E-state index contributed by atoms with van der Waals surface area (Å²) >= 11 is 1.63. The molecule has 0 amide bonds. The quantitative estimate of drug-likeness (QED) is 0.752. The number of rotatable bonds is 4. The predicted molar refractivity (Wildman–Crippen MR) is 100 cm³/mol. The number of hydrogen-bond acceptors (Lipinski definition) is 6. The number of fused-ring (bicyclic) bond motifs is 1. The van der Waals surface area contributed by atoms with Gasteiger partial charge in [-0.2, -0.15) is 0 Å². The van der Waals surface area contributed by atoms with Crippen molar-refractivity contribution < 1.29 is 0 Å². The van der Waals surface area contributed by atoms with Crippen LogP contribution in [-0.4, -0.2) is 32.6 Å². The van der Waals surface area contributed by atoms with Crippen LogP contribution in [0.15, 0.2) is 24.1 Å². The maximum atomic E-state index is 6.20. The normalized spacial score (nSPS) is 24.0. The summed E-state index contributed by atoms with van der Waals surface area (Å²) in [5.74, 6) is 2.26. The van der Waals surface area contributed by atoms with Crippen LogP contribution in [-0.2, 0) is 0 Å². The lowest BCUT2D eigenvalue weighted by molar-refractivity contribution is 0.273. The summed E-state index contributed by atoms with van der Waals surface area (Å²) in [7, 11) is 0. The Morgan fingerprint density at radius 1 is 1.20 bits per heavy atom. The van der Waals surface area contributed by atoms with Crippen LogP contribution < -0.4 is 11.1 Å². The van der Waals surface area contributed by atoms with E-state index in [9.17, 15) is 0 Å². The average molecular weight is 354 g/mol. The van der Waals surface area contributed by atoms with E-state index in [0.29, 0.717) is 11.9 Å². The minimum Gasteiger partial charge on any atom is -0.383 e. The summed E-state index contributed by atoms with van der Waals surface area (Å²) in [5.41, 5.74) is 8.22. The van der Waals surface area contributed by atoms with Crippen LogP contribution in [0.2, 0.25) is 0 Å². The van der Waals surface area contributed by atoms with Gasteiger partial charge in [-0.25, -0.2) is 15.0 Å². The second-order valence-corrected chi connectivity index (χ2v) is 8.23. The summed E-state index contributed by atoms with van der Waals surface area (Å²) in [6.45, 7) is 2.40. The molecule has 0 aromatic carbocycles. The van der Waals surface area contributed by atoms with Crippen molar-refractivity contribution in [2.24, 2.45) is 11.8 Å². The Labute approximate surface area is 150 Å². The predicted octanol–water partition coefficient (Wildman–Crippen LogP) is 3.09. The van der Waals surface area contributed by atoms with Gasteiger partial charge < -0.3 is 15.6 Å². The minimum atomic E-state index is 0.503. The molecule has 25 heavy (non-hydrogen) atoms. The zero-order valence-corrected chi connectivity index (χ0v) is 14.9. The van der Waals surface area contributed by atoms with Crippen LogP contribution in [0.4, 0.5) is 5.82 Å². The first kappa shape index (κ1) is 15.3. The maximum absolute atomic E-state index is 6.20. The molecule has 3 aromatic rings. The molecule has 2 aliphatic rings. The number of aromatic nitrogens is 4. The van der Waals surface area contributed by atoms with Crippen molar-refractivity contribution >= 4 is 28.2 Å². The van der Waals surface area contributed by atoms with Crippen molar-refractivity contribution in [3.05, 3.63) is 24.1 Å². The first-order valence-electron chi connectivity index (χ1n) is 9.01. The number of nitrogens with one attached hydrogen (secondary N) is 1. The van der Waals surface area contributed by atoms with Crippen molar-refractivity contribution in [1.29, 1.82) is 0 Å². The maximum Gasteiger partial charge on any atom is 0.146 e. The topological polar surface area (TPSA) is 81.7 Å². The minimum absolute atomic E-state index is 0.503. The van der Waals surface area contributed by atoms with Crippen LogP contribution in [0, 0.1) is 11.8 Å². The van der Waals surface area contributed by atoms with Gasteiger partial charge in [-0.3, -0.25) is 0 Å². The number of nitrogens with two attached hydrogens (primary N) is 1. The number of nitrogens with zero attached hydrogens (tertiary/aromatic N) is 4. The van der Waals surface area contributed by atoms with Crippen LogP contribution in [0.5, 0.6) is 0 Å². The van der Waals surface area contributed by atoms with E-state index in [1.807, 2.05) is 11.6 Å². The molecule has 130 valence electrons. The van der Waals surface area contributed by atoms with E-state index in [1.165, 1.54) is 38.8 Å².